The molecule has 3 heterocycles. The Labute approximate surface area is 161 Å². The van der Waals surface area contributed by atoms with Crippen LogP contribution in [0.25, 0.3) is 10.2 Å². The molecule has 138 valence electrons. The molecule has 0 radical (unpaired) electrons. The lowest BCUT2D eigenvalue weighted by Gasteiger charge is -2.34. The van der Waals surface area contributed by atoms with Crippen molar-refractivity contribution in [2.75, 3.05) is 19.7 Å². The van der Waals surface area contributed by atoms with Crippen LogP contribution < -0.4 is 9.47 Å². The molecular weight excluding hydrogens is 360 g/mol. The molecule has 1 saturated heterocycles. The second-order valence-corrected chi connectivity index (χ2v) is 8.05. The molecule has 5 nitrogen and oxygen atoms in total. The van der Waals surface area contributed by atoms with E-state index in [-0.39, 0.29) is 12.5 Å². The molecular formula is C21H20N2O3S. The van der Waals surface area contributed by atoms with E-state index in [9.17, 15) is 4.79 Å². The Morgan fingerprint density at radius 2 is 1.78 bits per heavy atom. The van der Waals surface area contributed by atoms with E-state index in [0.29, 0.717) is 17.4 Å². The SMILES string of the molecule is O=C(C1COc2ccccc2O1)N1CCC(c2nc3ccccc3s2)CC1. The second kappa shape index (κ2) is 6.85. The van der Waals surface area contributed by atoms with Crippen LogP contribution in [0.15, 0.2) is 48.5 Å². The molecule has 6 heteroatoms. The van der Waals surface area contributed by atoms with Crippen LogP contribution in [0.3, 0.4) is 0 Å². The van der Waals surface area contributed by atoms with E-state index in [1.807, 2.05) is 35.2 Å². The van der Waals surface area contributed by atoms with E-state index < -0.39 is 6.10 Å². The minimum atomic E-state index is -0.557. The molecule has 0 saturated carbocycles. The standard InChI is InChI=1S/C21H20N2O3S/c24-21(18-13-25-16-6-2-3-7-17(16)26-18)23-11-9-14(10-12-23)20-22-15-5-1-4-8-19(15)27-20/h1-8,14,18H,9-13H2. The number of para-hydroxylation sites is 3. The maximum atomic E-state index is 12.9. The molecule has 1 fully saturated rings. The van der Waals surface area contributed by atoms with E-state index >= 15 is 0 Å². The van der Waals surface area contributed by atoms with Crippen LogP contribution in [0.4, 0.5) is 0 Å². The third-order valence-corrected chi connectivity index (χ3v) is 6.45. The molecule has 0 N–H and O–H groups in total. The highest BCUT2D eigenvalue weighted by Crippen LogP contribution is 2.35. The fraction of sp³-hybridized carbons (Fsp3) is 0.333. The summed E-state index contributed by atoms with van der Waals surface area (Å²) < 4.78 is 12.8. The number of hydrogen-bond acceptors (Lipinski definition) is 5. The van der Waals surface area contributed by atoms with E-state index in [2.05, 4.69) is 18.2 Å². The zero-order valence-electron chi connectivity index (χ0n) is 14.8. The molecule has 1 aromatic heterocycles. The van der Waals surface area contributed by atoms with Gasteiger partial charge >= 0.3 is 0 Å². The summed E-state index contributed by atoms with van der Waals surface area (Å²) in [6.07, 6.45) is 1.32. The summed E-state index contributed by atoms with van der Waals surface area (Å²) in [7, 11) is 0. The zero-order valence-corrected chi connectivity index (χ0v) is 15.7. The van der Waals surface area contributed by atoms with Crippen molar-refractivity contribution >= 4 is 27.5 Å². The number of thiazole rings is 1. The first-order chi connectivity index (χ1) is 13.3. The monoisotopic (exact) mass is 380 g/mol. The summed E-state index contributed by atoms with van der Waals surface area (Å²) in [6.45, 7) is 1.75. The van der Waals surface area contributed by atoms with Gasteiger partial charge in [-0.3, -0.25) is 4.79 Å². The highest BCUT2D eigenvalue weighted by molar-refractivity contribution is 7.18. The van der Waals surface area contributed by atoms with Gasteiger partial charge in [-0.1, -0.05) is 24.3 Å². The first kappa shape index (κ1) is 16.6. The van der Waals surface area contributed by atoms with Gasteiger partial charge in [0.25, 0.3) is 5.91 Å². The number of hydrogen-bond donors (Lipinski definition) is 0. The Morgan fingerprint density at radius 3 is 2.59 bits per heavy atom. The van der Waals surface area contributed by atoms with Crippen molar-refractivity contribution in [1.82, 2.24) is 9.88 Å². The van der Waals surface area contributed by atoms with E-state index in [4.69, 9.17) is 14.5 Å². The van der Waals surface area contributed by atoms with Crippen LogP contribution in [0.5, 0.6) is 11.5 Å². The molecule has 2 aliphatic rings. The smallest absolute Gasteiger partial charge is 0.267 e. The molecule has 27 heavy (non-hydrogen) atoms. The topological polar surface area (TPSA) is 51.7 Å². The van der Waals surface area contributed by atoms with Gasteiger partial charge in [0.05, 0.1) is 15.2 Å². The largest absolute Gasteiger partial charge is 0.485 e. The maximum absolute atomic E-state index is 12.9. The van der Waals surface area contributed by atoms with Crippen molar-refractivity contribution in [1.29, 1.82) is 0 Å². The molecule has 2 aromatic carbocycles. The fourth-order valence-corrected chi connectivity index (χ4v) is 4.89. The first-order valence-electron chi connectivity index (χ1n) is 9.31. The minimum absolute atomic E-state index is 0.0206. The molecule has 0 bridgehead atoms. The van der Waals surface area contributed by atoms with Gasteiger partial charge in [-0.25, -0.2) is 4.98 Å². The number of likely N-dealkylation sites (tertiary alicyclic amines) is 1. The average Bonchev–Trinajstić information content (AvgIpc) is 3.17. The van der Waals surface area contributed by atoms with E-state index in [1.54, 1.807) is 11.3 Å². The van der Waals surface area contributed by atoms with Crippen LogP contribution in [-0.4, -0.2) is 41.6 Å². The Bertz CT molecular complexity index is 945. The van der Waals surface area contributed by atoms with Crippen molar-refractivity contribution in [3.8, 4) is 11.5 Å². The number of nitrogens with zero attached hydrogens (tertiary/aromatic N) is 2. The summed E-state index contributed by atoms with van der Waals surface area (Å²) in [5, 5.41) is 1.19. The first-order valence-corrected chi connectivity index (χ1v) is 10.1. The molecule has 0 aliphatic carbocycles. The van der Waals surface area contributed by atoms with Crippen LogP contribution in [-0.2, 0) is 4.79 Å². The number of ether oxygens (including phenoxy) is 2. The van der Waals surface area contributed by atoms with Crippen LogP contribution >= 0.6 is 11.3 Å². The Kier molecular flexibility index (Phi) is 4.20. The third-order valence-electron chi connectivity index (χ3n) is 5.25. The zero-order chi connectivity index (χ0) is 18.2. The number of amides is 1. The van der Waals surface area contributed by atoms with Crippen molar-refractivity contribution in [3.05, 3.63) is 53.5 Å². The number of aromatic nitrogens is 1. The van der Waals surface area contributed by atoms with Gasteiger partial charge in [-0.2, -0.15) is 0 Å². The van der Waals surface area contributed by atoms with Crippen molar-refractivity contribution in [3.63, 3.8) is 0 Å². The summed E-state index contributed by atoms with van der Waals surface area (Å²) in [5.41, 5.74) is 1.07. The molecule has 3 aromatic rings. The van der Waals surface area contributed by atoms with Gasteiger partial charge in [-0.15, -0.1) is 11.3 Å². The lowest BCUT2D eigenvalue weighted by Crippen LogP contribution is -2.48. The predicted molar refractivity (Wildman–Crippen MR) is 105 cm³/mol. The van der Waals surface area contributed by atoms with Crippen molar-refractivity contribution < 1.29 is 14.3 Å². The van der Waals surface area contributed by atoms with E-state index in [0.717, 1.165) is 31.4 Å². The van der Waals surface area contributed by atoms with Crippen molar-refractivity contribution in [2.45, 2.75) is 24.9 Å². The molecule has 1 unspecified atom stereocenters. The molecule has 2 aliphatic heterocycles. The molecule has 5 rings (SSSR count). The van der Waals surface area contributed by atoms with Crippen molar-refractivity contribution in [2.24, 2.45) is 0 Å². The lowest BCUT2D eigenvalue weighted by molar-refractivity contribution is -0.142. The summed E-state index contributed by atoms with van der Waals surface area (Å²) in [5.74, 6) is 1.80. The highest BCUT2D eigenvalue weighted by Gasteiger charge is 2.33. The Morgan fingerprint density at radius 1 is 1.04 bits per heavy atom. The van der Waals surface area contributed by atoms with Gasteiger partial charge < -0.3 is 14.4 Å². The minimum Gasteiger partial charge on any atom is -0.485 e. The number of fused-ring (bicyclic) bond motifs is 2. The fourth-order valence-electron chi connectivity index (χ4n) is 3.76. The van der Waals surface area contributed by atoms with Gasteiger partial charge in [0.15, 0.2) is 11.5 Å². The number of piperidine rings is 1. The van der Waals surface area contributed by atoms with Gasteiger partial charge in [0.2, 0.25) is 6.10 Å². The molecule has 1 amide bonds. The lowest BCUT2D eigenvalue weighted by atomic mass is 9.97. The van der Waals surface area contributed by atoms with Gasteiger partial charge in [0.1, 0.15) is 6.61 Å². The summed E-state index contributed by atoms with van der Waals surface area (Å²) in [4.78, 5) is 19.6. The Balaban J connectivity index is 1.23. The number of rotatable bonds is 2. The van der Waals surface area contributed by atoms with Gasteiger partial charge in [-0.05, 0) is 37.1 Å². The average molecular weight is 380 g/mol. The maximum Gasteiger partial charge on any atom is 0.267 e. The normalized spacial score (nSPS) is 20.0. The predicted octanol–water partition coefficient (Wildman–Crippen LogP) is 3.84. The highest BCUT2D eigenvalue weighted by atomic mass is 32.1. The third kappa shape index (κ3) is 3.14. The van der Waals surface area contributed by atoms with Crippen LogP contribution in [0.1, 0.15) is 23.8 Å². The van der Waals surface area contributed by atoms with E-state index in [1.165, 1.54) is 9.71 Å². The van der Waals surface area contributed by atoms with Gasteiger partial charge in [0, 0.05) is 19.0 Å². The quantitative estimate of drug-likeness (QED) is 0.678. The van der Waals surface area contributed by atoms with Crippen LogP contribution in [0.2, 0.25) is 0 Å². The summed E-state index contributed by atoms with van der Waals surface area (Å²) >= 11 is 1.77. The number of carbonyl (C=O) groups excluding carboxylic acids is 1. The van der Waals surface area contributed by atoms with Crippen LogP contribution in [0, 0.1) is 0 Å². The number of carbonyl (C=O) groups is 1. The Hall–Kier alpha value is -2.60. The summed E-state index contributed by atoms with van der Waals surface area (Å²) in [6, 6.07) is 15.7. The number of benzene rings is 2. The second-order valence-electron chi connectivity index (χ2n) is 6.98. The molecule has 0 spiro atoms. The molecule has 1 atom stereocenters.